The van der Waals surface area contributed by atoms with E-state index < -0.39 is 0 Å². The smallest absolute Gasteiger partial charge is 0.122 e. The Bertz CT molecular complexity index is 1360. The van der Waals surface area contributed by atoms with E-state index in [2.05, 4.69) is 76.7 Å². The van der Waals surface area contributed by atoms with Crippen LogP contribution in [0.25, 0.3) is 10.9 Å². The molecule has 2 aliphatic heterocycles. The third kappa shape index (κ3) is 4.68. The van der Waals surface area contributed by atoms with Gasteiger partial charge in [-0.25, -0.2) is 0 Å². The molecule has 2 aliphatic rings. The van der Waals surface area contributed by atoms with Gasteiger partial charge in [0, 0.05) is 41.7 Å². The van der Waals surface area contributed by atoms with Crippen LogP contribution in [0.2, 0.25) is 0 Å². The van der Waals surface area contributed by atoms with E-state index in [0.717, 1.165) is 55.5 Å². The summed E-state index contributed by atoms with van der Waals surface area (Å²) < 4.78 is 6.56. The van der Waals surface area contributed by atoms with Gasteiger partial charge >= 0.3 is 0 Å². The van der Waals surface area contributed by atoms with Crippen molar-refractivity contribution in [3.8, 4) is 5.75 Å². The molecule has 3 aromatic carbocycles. The molecule has 37 heavy (non-hydrogen) atoms. The van der Waals surface area contributed by atoms with Crippen molar-refractivity contribution in [3.05, 3.63) is 101 Å². The number of aryl methyl sites for hydroxylation is 1. The van der Waals surface area contributed by atoms with Crippen molar-refractivity contribution in [2.45, 2.75) is 50.9 Å². The van der Waals surface area contributed by atoms with E-state index in [-0.39, 0.29) is 12.2 Å². The Morgan fingerprint density at radius 3 is 2.57 bits per heavy atom. The van der Waals surface area contributed by atoms with Crippen LogP contribution < -0.4 is 5.73 Å². The molecule has 0 bridgehead atoms. The van der Waals surface area contributed by atoms with Gasteiger partial charge < -0.3 is 20.6 Å². The average Bonchev–Trinajstić information content (AvgIpc) is 3.38. The molecule has 4 N–H and O–H groups in total. The lowest BCUT2D eigenvalue weighted by atomic mass is 9.82. The first-order valence-electron chi connectivity index (χ1n) is 13.6. The maximum atomic E-state index is 10.8. The van der Waals surface area contributed by atoms with Crippen LogP contribution in [0, 0.1) is 12.8 Å². The van der Waals surface area contributed by atoms with Gasteiger partial charge in [-0.05, 0) is 73.5 Å². The predicted molar refractivity (Wildman–Crippen MR) is 149 cm³/mol. The van der Waals surface area contributed by atoms with E-state index >= 15 is 0 Å². The van der Waals surface area contributed by atoms with Crippen molar-refractivity contribution in [2.24, 2.45) is 11.7 Å². The standard InChI is InChI=1S/C32H37N3O2/c1-21-11-12-25-26(32(21)36)18-30(37-31(25)19-33)23-13-15-35(16-14-23)29(17-22-7-3-2-4-8-22)27-20-34-28-10-6-5-9-24(27)28/h2-12,20,23,29-31,34,36H,13-19,33H2,1H3/t29?,30-,31-/m0/s1. The number of nitrogens with zero attached hydrogens (tertiary/aromatic N) is 1. The zero-order chi connectivity index (χ0) is 25.4. The maximum absolute atomic E-state index is 10.8. The summed E-state index contributed by atoms with van der Waals surface area (Å²) in [5, 5.41) is 12.1. The molecular formula is C32H37N3O2. The number of fused-ring (bicyclic) bond motifs is 2. The number of benzene rings is 3. The number of aromatic hydroxyl groups is 1. The van der Waals surface area contributed by atoms with Gasteiger partial charge in [-0.1, -0.05) is 60.7 Å². The number of aromatic nitrogens is 1. The number of aromatic amines is 1. The quantitative estimate of drug-likeness (QED) is 0.315. The van der Waals surface area contributed by atoms with Gasteiger partial charge in [-0.2, -0.15) is 0 Å². The molecule has 1 saturated heterocycles. The molecule has 3 heterocycles. The zero-order valence-corrected chi connectivity index (χ0v) is 21.6. The number of piperidine rings is 1. The normalized spacial score (nSPS) is 21.7. The Morgan fingerprint density at radius 1 is 1.03 bits per heavy atom. The number of H-pyrrole nitrogens is 1. The number of likely N-dealkylation sites (tertiary alicyclic amines) is 1. The van der Waals surface area contributed by atoms with Crippen molar-refractivity contribution in [1.82, 2.24) is 9.88 Å². The summed E-state index contributed by atoms with van der Waals surface area (Å²) in [6.07, 6.45) is 6.08. The number of nitrogens with two attached hydrogens (primary N) is 1. The van der Waals surface area contributed by atoms with Gasteiger partial charge in [0.15, 0.2) is 0 Å². The van der Waals surface area contributed by atoms with Crippen molar-refractivity contribution in [1.29, 1.82) is 0 Å². The Morgan fingerprint density at radius 2 is 1.78 bits per heavy atom. The van der Waals surface area contributed by atoms with Crippen LogP contribution in [0.5, 0.6) is 5.75 Å². The summed E-state index contributed by atoms with van der Waals surface area (Å²) in [4.78, 5) is 6.17. The maximum Gasteiger partial charge on any atom is 0.122 e. The van der Waals surface area contributed by atoms with Crippen LogP contribution in [-0.2, 0) is 17.6 Å². The zero-order valence-electron chi connectivity index (χ0n) is 21.6. The number of ether oxygens (including phenoxy) is 1. The average molecular weight is 496 g/mol. The van der Waals surface area contributed by atoms with Crippen LogP contribution in [0.15, 0.2) is 72.9 Å². The minimum Gasteiger partial charge on any atom is -0.507 e. The molecule has 0 aliphatic carbocycles. The molecule has 0 saturated carbocycles. The van der Waals surface area contributed by atoms with Crippen molar-refractivity contribution < 1.29 is 9.84 Å². The largest absolute Gasteiger partial charge is 0.507 e. The van der Waals surface area contributed by atoms with Crippen molar-refractivity contribution in [2.75, 3.05) is 19.6 Å². The number of phenolic OH excluding ortho intramolecular Hbond substituents is 1. The Balaban J connectivity index is 1.22. The van der Waals surface area contributed by atoms with E-state index in [1.165, 1.54) is 22.0 Å². The van der Waals surface area contributed by atoms with Crippen LogP contribution in [0.3, 0.4) is 0 Å². The molecule has 4 aromatic rings. The highest BCUT2D eigenvalue weighted by atomic mass is 16.5. The fourth-order valence-electron chi connectivity index (χ4n) is 6.52. The predicted octanol–water partition coefficient (Wildman–Crippen LogP) is 5.82. The molecule has 0 amide bonds. The number of para-hydroxylation sites is 1. The molecule has 5 heteroatoms. The molecule has 1 fully saturated rings. The fourth-order valence-corrected chi connectivity index (χ4v) is 6.52. The molecule has 1 aromatic heterocycles. The number of hydrogen-bond acceptors (Lipinski definition) is 4. The minimum atomic E-state index is -0.143. The monoisotopic (exact) mass is 495 g/mol. The molecule has 0 radical (unpaired) electrons. The second kappa shape index (κ2) is 10.3. The molecule has 3 atom stereocenters. The summed E-state index contributed by atoms with van der Waals surface area (Å²) in [7, 11) is 0. The molecule has 5 nitrogen and oxygen atoms in total. The van der Waals surface area contributed by atoms with Gasteiger partial charge in [0.2, 0.25) is 0 Å². The molecule has 192 valence electrons. The third-order valence-corrected chi connectivity index (χ3v) is 8.62. The number of rotatable bonds is 6. The van der Waals surface area contributed by atoms with Gasteiger partial charge in [0.05, 0.1) is 12.2 Å². The van der Waals surface area contributed by atoms with Gasteiger partial charge in [-0.3, -0.25) is 4.90 Å². The van der Waals surface area contributed by atoms with Crippen LogP contribution in [0.4, 0.5) is 0 Å². The molecule has 6 rings (SSSR count). The molecular weight excluding hydrogens is 458 g/mol. The molecule has 0 spiro atoms. The van der Waals surface area contributed by atoms with Crippen LogP contribution >= 0.6 is 0 Å². The van der Waals surface area contributed by atoms with Crippen LogP contribution in [0.1, 0.15) is 52.8 Å². The van der Waals surface area contributed by atoms with Gasteiger partial charge in [0.1, 0.15) is 5.75 Å². The number of hydrogen-bond donors (Lipinski definition) is 3. The van der Waals surface area contributed by atoms with E-state index in [0.29, 0.717) is 24.3 Å². The topological polar surface area (TPSA) is 74.5 Å². The first-order valence-corrected chi connectivity index (χ1v) is 13.6. The summed E-state index contributed by atoms with van der Waals surface area (Å²) >= 11 is 0. The van der Waals surface area contributed by atoms with Crippen molar-refractivity contribution >= 4 is 10.9 Å². The SMILES string of the molecule is Cc1ccc2c(c1O)C[C@@H](C1CCN(C(Cc3ccccc3)c3c[nH]c4ccccc34)CC1)O[C@H]2CN. The van der Waals surface area contributed by atoms with Crippen molar-refractivity contribution in [3.63, 3.8) is 0 Å². The molecule has 1 unspecified atom stereocenters. The lowest BCUT2D eigenvalue weighted by Gasteiger charge is -2.42. The minimum absolute atomic E-state index is 0.0940. The van der Waals surface area contributed by atoms with E-state index in [1.807, 2.05) is 13.0 Å². The van der Waals surface area contributed by atoms with E-state index in [4.69, 9.17) is 10.5 Å². The lowest BCUT2D eigenvalue weighted by Crippen LogP contribution is -2.43. The Kier molecular flexibility index (Phi) is 6.76. The third-order valence-electron chi connectivity index (χ3n) is 8.62. The summed E-state index contributed by atoms with van der Waals surface area (Å²) in [5.74, 6) is 0.877. The number of phenols is 1. The first kappa shape index (κ1) is 24.2. The lowest BCUT2D eigenvalue weighted by molar-refractivity contribution is -0.0670. The van der Waals surface area contributed by atoms with Gasteiger partial charge in [-0.15, -0.1) is 0 Å². The second-order valence-corrected chi connectivity index (χ2v) is 10.8. The summed E-state index contributed by atoms with van der Waals surface area (Å²) in [6, 6.07) is 23.8. The highest BCUT2D eigenvalue weighted by Gasteiger charge is 2.37. The van der Waals surface area contributed by atoms with Crippen LogP contribution in [-0.4, -0.2) is 40.7 Å². The first-order chi connectivity index (χ1) is 18.1. The van der Waals surface area contributed by atoms with Gasteiger partial charge in [0.25, 0.3) is 0 Å². The fraction of sp³-hybridized carbons (Fsp3) is 0.375. The number of nitrogens with one attached hydrogen (secondary N) is 1. The Hall–Kier alpha value is -3.12. The highest BCUT2D eigenvalue weighted by Crippen LogP contribution is 2.41. The second-order valence-electron chi connectivity index (χ2n) is 10.8. The van der Waals surface area contributed by atoms with E-state index in [9.17, 15) is 5.11 Å². The summed E-state index contributed by atoms with van der Waals surface area (Å²) in [6.45, 7) is 4.46. The van der Waals surface area contributed by atoms with E-state index in [1.54, 1.807) is 0 Å². The summed E-state index contributed by atoms with van der Waals surface area (Å²) in [5.41, 5.74) is 13.1. The Labute approximate surface area is 219 Å². The highest BCUT2D eigenvalue weighted by molar-refractivity contribution is 5.83.